The molecule has 4 nitrogen and oxygen atoms in total. The number of rotatable bonds is 5. The summed E-state index contributed by atoms with van der Waals surface area (Å²) in [4.78, 5) is 4.32. The van der Waals surface area contributed by atoms with Gasteiger partial charge in [0.25, 0.3) is 0 Å². The molecule has 0 fully saturated rings. The van der Waals surface area contributed by atoms with E-state index in [0.717, 1.165) is 0 Å². The van der Waals surface area contributed by atoms with E-state index in [2.05, 4.69) is 9.72 Å². The van der Waals surface area contributed by atoms with Crippen LogP contribution >= 0.6 is 11.3 Å². The van der Waals surface area contributed by atoms with Crippen LogP contribution in [-0.4, -0.2) is 24.8 Å². The highest BCUT2D eigenvalue weighted by Crippen LogP contribution is 2.27. The Morgan fingerprint density at radius 2 is 1.83 bits per heavy atom. The van der Waals surface area contributed by atoms with Crippen molar-refractivity contribution in [2.24, 2.45) is 0 Å². The maximum Gasteiger partial charge on any atom is 0.387 e. The van der Waals surface area contributed by atoms with Gasteiger partial charge in [0.1, 0.15) is 16.5 Å². The van der Waals surface area contributed by atoms with Crippen LogP contribution in [0.2, 0.25) is 0 Å². The molecule has 8 heteroatoms. The Balaban J connectivity index is 2.16. The minimum atomic E-state index is -3.30. The second-order valence-corrected chi connectivity index (χ2v) is 9.59. The van der Waals surface area contributed by atoms with Gasteiger partial charge in [-0.1, -0.05) is 0 Å². The predicted molar refractivity (Wildman–Crippen MR) is 86.6 cm³/mol. The molecule has 0 radical (unpaired) electrons. The largest absolute Gasteiger partial charge is 0.435 e. The Labute approximate surface area is 138 Å². The number of hydrogen-bond donors (Lipinski definition) is 0. The average molecular weight is 361 g/mol. The molecule has 0 atom stereocenters. The van der Waals surface area contributed by atoms with Crippen molar-refractivity contribution in [3.05, 3.63) is 34.7 Å². The molecule has 126 valence electrons. The SMILES string of the molecule is CC(C)(C)S(=O)(=O)Cc1nc(-c2ccc(OC(F)F)cc2)cs1. The highest BCUT2D eigenvalue weighted by Gasteiger charge is 2.30. The number of ether oxygens (including phenoxy) is 1. The maximum absolute atomic E-state index is 12.2. The van der Waals surface area contributed by atoms with Gasteiger partial charge >= 0.3 is 6.61 Å². The lowest BCUT2D eigenvalue weighted by atomic mass is 10.2. The zero-order valence-corrected chi connectivity index (χ0v) is 14.5. The average Bonchev–Trinajstić information content (AvgIpc) is 2.85. The van der Waals surface area contributed by atoms with Gasteiger partial charge in [-0.25, -0.2) is 13.4 Å². The van der Waals surface area contributed by atoms with Crippen LogP contribution in [0.1, 0.15) is 25.8 Å². The van der Waals surface area contributed by atoms with Gasteiger partial charge in [0.05, 0.1) is 10.4 Å². The second-order valence-electron chi connectivity index (χ2n) is 5.90. The fourth-order valence-electron chi connectivity index (χ4n) is 1.70. The molecule has 0 bridgehead atoms. The summed E-state index contributed by atoms with van der Waals surface area (Å²) in [7, 11) is -3.30. The number of halogens is 2. The molecule has 23 heavy (non-hydrogen) atoms. The van der Waals surface area contributed by atoms with E-state index in [1.165, 1.54) is 23.5 Å². The van der Waals surface area contributed by atoms with Crippen LogP contribution in [0.3, 0.4) is 0 Å². The summed E-state index contributed by atoms with van der Waals surface area (Å²) in [6, 6.07) is 6.06. The van der Waals surface area contributed by atoms with Crippen molar-refractivity contribution >= 4 is 21.2 Å². The van der Waals surface area contributed by atoms with Crippen LogP contribution in [0, 0.1) is 0 Å². The van der Waals surface area contributed by atoms with E-state index in [9.17, 15) is 17.2 Å². The van der Waals surface area contributed by atoms with Gasteiger partial charge in [0.15, 0.2) is 9.84 Å². The van der Waals surface area contributed by atoms with Crippen molar-refractivity contribution in [3.63, 3.8) is 0 Å². The van der Waals surface area contributed by atoms with Gasteiger partial charge in [0.2, 0.25) is 0 Å². The number of nitrogens with zero attached hydrogens (tertiary/aromatic N) is 1. The van der Waals surface area contributed by atoms with Crippen molar-refractivity contribution in [1.82, 2.24) is 4.98 Å². The number of benzene rings is 1. The van der Waals surface area contributed by atoms with Crippen LogP contribution in [0.5, 0.6) is 5.75 Å². The molecule has 0 spiro atoms. The van der Waals surface area contributed by atoms with Crippen LogP contribution in [0.15, 0.2) is 29.6 Å². The summed E-state index contributed by atoms with van der Waals surface area (Å²) in [5, 5.41) is 2.25. The third-order valence-electron chi connectivity index (χ3n) is 3.17. The van der Waals surface area contributed by atoms with Crippen LogP contribution < -0.4 is 4.74 Å². The summed E-state index contributed by atoms with van der Waals surface area (Å²) >= 11 is 1.26. The molecular formula is C15H17F2NO3S2. The molecule has 0 aliphatic rings. The smallest absolute Gasteiger partial charge is 0.387 e. The summed E-state index contributed by atoms with van der Waals surface area (Å²) in [6.07, 6.45) is 0. The Morgan fingerprint density at radius 1 is 1.22 bits per heavy atom. The van der Waals surface area contributed by atoms with Crippen molar-refractivity contribution in [2.45, 2.75) is 37.9 Å². The molecule has 2 aromatic rings. The molecule has 1 aromatic heterocycles. The van der Waals surface area contributed by atoms with Gasteiger partial charge in [-0.05, 0) is 45.0 Å². The zero-order valence-electron chi connectivity index (χ0n) is 12.9. The van der Waals surface area contributed by atoms with Gasteiger partial charge in [-0.3, -0.25) is 0 Å². The highest BCUT2D eigenvalue weighted by atomic mass is 32.2. The normalized spacial score (nSPS) is 12.6. The fourth-order valence-corrected chi connectivity index (χ4v) is 3.84. The molecule has 0 saturated carbocycles. The molecule has 1 aromatic carbocycles. The third-order valence-corrected chi connectivity index (χ3v) is 6.72. The van der Waals surface area contributed by atoms with E-state index in [0.29, 0.717) is 16.3 Å². The van der Waals surface area contributed by atoms with E-state index < -0.39 is 21.2 Å². The lowest BCUT2D eigenvalue weighted by Gasteiger charge is -2.17. The van der Waals surface area contributed by atoms with Crippen molar-refractivity contribution in [2.75, 3.05) is 0 Å². The quantitative estimate of drug-likeness (QED) is 0.804. The van der Waals surface area contributed by atoms with Crippen molar-refractivity contribution in [1.29, 1.82) is 0 Å². The molecule has 0 unspecified atom stereocenters. The molecule has 2 rings (SSSR count). The third kappa shape index (κ3) is 4.48. The monoisotopic (exact) mass is 361 g/mol. The second kappa shape index (κ2) is 6.52. The Morgan fingerprint density at radius 3 is 2.35 bits per heavy atom. The number of sulfone groups is 1. The van der Waals surface area contributed by atoms with Crippen LogP contribution in [0.4, 0.5) is 8.78 Å². The first-order chi connectivity index (χ1) is 10.6. The Bertz CT molecular complexity index is 763. The molecular weight excluding hydrogens is 344 g/mol. The van der Waals surface area contributed by atoms with E-state index in [4.69, 9.17) is 0 Å². The predicted octanol–water partition coefficient (Wildman–Crippen LogP) is 4.12. The zero-order chi connectivity index (χ0) is 17.3. The van der Waals surface area contributed by atoms with E-state index >= 15 is 0 Å². The minimum absolute atomic E-state index is 0.0644. The number of alkyl halides is 2. The van der Waals surface area contributed by atoms with Crippen LogP contribution in [0.25, 0.3) is 11.3 Å². The molecule has 0 saturated heterocycles. The van der Waals surface area contributed by atoms with Gasteiger partial charge in [0, 0.05) is 10.9 Å². The molecule has 0 aliphatic heterocycles. The molecule has 0 N–H and O–H groups in total. The van der Waals surface area contributed by atoms with E-state index in [1.54, 1.807) is 38.3 Å². The van der Waals surface area contributed by atoms with Crippen molar-refractivity contribution < 1.29 is 21.9 Å². The standard InChI is InChI=1S/C15H17F2NO3S2/c1-15(2,3)23(19,20)9-13-18-12(8-22-13)10-4-6-11(7-5-10)21-14(16)17/h4-8,14H,9H2,1-3H3. The topological polar surface area (TPSA) is 56.3 Å². The lowest BCUT2D eigenvalue weighted by molar-refractivity contribution is -0.0498. The van der Waals surface area contributed by atoms with Gasteiger partial charge < -0.3 is 4.74 Å². The van der Waals surface area contributed by atoms with Gasteiger partial charge in [-0.2, -0.15) is 8.78 Å². The van der Waals surface area contributed by atoms with Gasteiger partial charge in [-0.15, -0.1) is 11.3 Å². The number of thiazole rings is 1. The number of aromatic nitrogens is 1. The molecule has 0 amide bonds. The highest BCUT2D eigenvalue weighted by molar-refractivity contribution is 7.92. The molecule has 0 aliphatic carbocycles. The Hall–Kier alpha value is -1.54. The minimum Gasteiger partial charge on any atom is -0.435 e. The summed E-state index contributed by atoms with van der Waals surface area (Å²) in [5.41, 5.74) is 1.32. The van der Waals surface area contributed by atoms with E-state index in [-0.39, 0.29) is 11.5 Å². The lowest BCUT2D eigenvalue weighted by Crippen LogP contribution is -2.29. The Kier molecular flexibility index (Phi) is 5.05. The first-order valence-electron chi connectivity index (χ1n) is 6.80. The fraction of sp³-hybridized carbons (Fsp3) is 0.400. The number of hydrogen-bond acceptors (Lipinski definition) is 5. The summed E-state index contributed by atoms with van der Waals surface area (Å²) in [5.74, 6) is -0.0530. The first-order valence-corrected chi connectivity index (χ1v) is 9.33. The summed E-state index contributed by atoms with van der Waals surface area (Å²) in [6.45, 7) is 2.09. The maximum atomic E-state index is 12.2. The summed E-state index contributed by atoms with van der Waals surface area (Å²) < 4.78 is 52.1. The molecule has 1 heterocycles. The van der Waals surface area contributed by atoms with Crippen molar-refractivity contribution in [3.8, 4) is 17.0 Å². The van der Waals surface area contributed by atoms with Crippen LogP contribution in [-0.2, 0) is 15.6 Å². The van der Waals surface area contributed by atoms with E-state index in [1.807, 2.05) is 0 Å². The first kappa shape index (κ1) is 17.8.